The van der Waals surface area contributed by atoms with Crippen molar-refractivity contribution in [3.63, 3.8) is 0 Å². The predicted molar refractivity (Wildman–Crippen MR) is 62.5 cm³/mol. The summed E-state index contributed by atoms with van der Waals surface area (Å²) in [6.07, 6.45) is 1.24. The molecule has 3 atom stereocenters. The van der Waals surface area contributed by atoms with Crippen LogP contribution in [0.4, 0.5) is 0 Å². The average Bonchev–Trinajstić information content (AvgIpc) is 2.17. The third kappa shape index (κ3) is 2.71. The first kappa shape index (κ1) is 12.0. The van der Waals surface area contributed by atoms with Crippen molar-refractivity contribution in [1.82, 2.24) is 10.2 Å². The molecule has 0 aromatic rings. The zero-order valence-electron chi connectivity index (χ0n) is 10.4. The van der Waals surface area contributed by atoms with Crippen molar-refractivity contribution in [3.8, 4) is 0 Å². The van der Waals surface area contributed by atoms with Gasteiger partial charge >= 0.3 is 0 Å². The molecule has 1 aliphatic heterocycles. The molecule has 0 spiro atoms. The fraction of sp³-hybridized carbons (Fsp3) is 1.00. The molecular formula is C12H26N2. The molecule has 2 nitrogen and oxygen atoms in total. The highest BCUT2D eigenvalue weighted by atomic mass is 15.2. The Bertz CT molecular complexity index is 168. The summed E-state index contributed by atoms with van der Waals surface area (Å²) in [6.45, 7) is 14.0. The molecule has 1 saturated heterocycles. The molecule has 1 rings (SSSR count). The Labute approximate surface area is 89.1 Å². The minimum Gasteiger partial charge on any atom is -0.311 e. The topological polar surface area (TPSA) is 15.3 Å². The van der Waals surface area contributed by atoms with Crippen LogP contribution in [0.5, 0.6) is 0 Å². The van der Waals surface area contributed by atoms with Gasteiger partial charge in [-0.05, 0) is 26.2 Å². The first-order chi connectivity index (χ1) is 6.56. The first-order valence-electron chi connectivity index (χ1n) is 6.05. The van der Waals surface area contributed by atoms with Gasteiger partial charge in [0.2, 0.25) is 0 Å². The van der Waals surface area contributed by atoms with Gasteiger partial charge in [-0.3, -0.25) is 4.90 Å². The maximum Gasteiger partial charge on any atom is 0.0196 e. The van der Waals surface area contributed by atoms with Gasteiger partial charge in [-0.25, -0.2) is 0 Å². The lowest BCUT2D eigenvalue weighted by Crippen LogP contribution is -2.58. The summed E-state index contributed by atoms with van der Waals surface area (Å²) >= 11 is 0. The molecule has 0 bridgehead atoms. The van der Waals surface area contributed by atoms with E-state index in [4.69, 9.17) is 0 Å². The largest absolute Gasteiger partial charge is 0.311 e. The zero-order valence-corrected chi connectivity index (χ0v) is 10.4. The minimum atomic E-state index is 0.690. The summed E-state index contributed by atoms with van der Waals surface area (Å²) in [5.74, 6) is 0.757. The molecule has 84 valence electrons. The second kappa shape index (κ2) is 5.13. The molecule has 3 unspecified atom stereocenters. The molecule has 1 fully saturated rings. The number of nitrogens with zero attached hydrogens (tertiary/aromatic N) is 1. The molecule has 14 heavy (non-hydrogen) atoms. The van der Waals surface area contributed by atoms with Gasteiger partial charge in [-0.1, -0.05) is 20.8 Å². The van der Waals surface area contributed by atoms with Crippen LogP contribution in [0.25, 0.3) is 0 Å². The van der Waals surface area contributed by atoms with Gasteiger partial charge in [0, 0.05) is 31.2 Å². The first-order valence-corrected chi connectivity index (χ1v) is 6.05. The normalized spacial score (nSPS) is 32.1. The van der Waals surface area contributed by atoms with Crippen LogP contribution in [-0.4, -0.2) is 36.1 Å². The van der Waals surface area contributed by atoms with E-state index in [0.717, 1.165) is 12.5 Å². The van der Waals surface area contributed by atoms with E-state index in [-0.39, 0.29) is 0 Å². The maximum absolute atomic E-state index is 3.60. The predicted octanol–water partition coefficient (Wildman–Crippen LogP) is 2.10. The van der Waals surface area contributed by atoms with Crippen molar-refractivity contribution in [2.45, 2.75) is 59.2 Å². The van der Waals surface area contributed by atoms with Crippen molar-refractivity contribution in [1.29, 1.82) is 0 Å². The van der Waals surface area contributed by atoms with E-state index in [1.807, 2.05) is 0 Å². The van der Waals surface area contributed by atoms with Crippen LogP contribution in [0.3, 0.4) is 0 Å². The Hall–Kier alpha value is -0.0800. The second-order valence-electron chi connectivity index (χ2n) is 5.04. The highest BCUT2D eigenvalue weighted by Gasteiger charge is 2.28. The van der Waals surface area contributed by atoms with E-state index in [9.17, 15) is 0 Å². The Kier molecular flexibility index (Phi) is 4.39. The van der Waals surface area contributed by atoms with Gasteiger partial charge in [-0.15, -0.1) is 0 Å². The Balaban J connectivity index is 2.55. The summed E-state index contributed by atoms with van der Waals surface area (Å²) in [6, 6.07) is 2.10. The van der Waals surface area contributed by atoms with Crippen LogP contribution in [-0.2, 0) is 0 Å². The Morgan fingerprint density at radius 1 is 1.36 bits per heavy atom. The highest BCUT2D eigenvalue weighted by Crippen LogP contribution is 2.17. The number of hydrogen-bond donors (Lipinski definition) is 1. The van der Waals surface area contributed by atoms with E-state index in [0.29, 0.717) is 18.1 Å². The lowest BCUT2D eigenvalue weighted by atomic mass is 9.99. The number of hydrogen-bond acceptors (Lipinski definition) is 2. The third-order valence-electron chi connectivity index (χ3n) is 3.68. The van der Waals surface area contributed by atoms with Crippen LogP contribution >= 0.6 is 0 Å². The molecule has 0 radical (unpaired) electrons. The summed E-state index contributed by atoms with van der Waals surface area (Å²) in [5, 5.41) is 3.60. The van der Waals surface area contributed by atoms with Gasteiger partial charge in [0.25, 0.3) is 0 Å². The zero-order chi connectivity index (χ0) is 10.7. The van der Waals surface area contributed by atoms with Crippen molar-refractivity contribution in [2.24, 2.45) is 5.92 Å². The molecule has 0 aromatic heterocycles. The monoisotopic (exact) mass is 198 g/mol. The van der Waals surface area contributed by atoms with E-state index < -0.39 is 0 Å². The summed E-state index contributed by atoms with van der Waals surface area (Å²) < 4.78 is 0. The van der Waals surface area contributed by atoms with Gasteiger partial charge in [0.1, 0.15) is 0 Å². The van der Waals surface area contributed by atoms with Crippen LogP contribution < -0.4 is 5.32 Å². The van der Waals surface area contributed by atoms with E-state index >= 15 is 0 Å². The standard InChI is InChI=1S/C12H26N2/c1-6-12-8-14(10(4)7-13-12)11(5)9(2)3/h9-13H,6-8H2,1-5H3. The summed E-state index contributed by atoms with van der Waals surface area (Å²) in [4.78, 5) is 2.66. The molecule has 1 heterocycles. The van der Waals surface area contributed by atoms with Crippen LogP contribution in [0.2, 0.25) is 0 Å². The lowest BCUT2D eigenvalue weighted by molar-refractivity contribution is 0.0752. The Morgan fingerprint density at radius 3 is 2.50 bits per heavy atom. The molecule has 0 aliphatic carbocycles. The van der Waals surface area contributed by atoms with Crippen LogP contribution in [0.15, 0.2) is 0 Å². The summed E-state index contributed by atoms with van der Waals surface area (Å²) in [5.41, 5.74) is 0. The molecule has 1 aliphatic rings. The van der Waals surface area contributed by atoms with Gasteiger partial charge < -0.3 is 5.32 Å². The van der Waals surface area contributed by atoms with Crippen LogP contribution in [0, 0.1) is 5.92 Å². The summed E-state index contributed by atoms with van der Waals surface area (Å²) in [7, 11) is 0. The SMILES string of the molecule is CCC1CN(C(C)C(C)C)C(C)CN1. The molecular weight excluding hydrogens is 172 g/mol. The fourth-order valence-electron chi connectivity index (χ4n) is 2.18. The third-order valence-corrected chi connectivity index (χ3v) is 3.68. The quantitative estimate of drug-likeness (QED) is 0.747. The van der Waals surface area contributed by atoms with E-state index in [1.54, 1.807) is 0 Å². The lowest BCUT2D eigenvalue weighted by Gasteiger charge is -2.43. The highest BCUT2D eigenvalue weighted by molar-refractivity contribution is 4.86. The van der Waals surface area contributed by atoms with Gasteiger partial charge in [-0.2, -0.15) is 0 Å². The number of piperazine rings is 1. The molecule has 1 N–H and O–H groups in total. The maximum atomic E-state index is 3.60. The van der Waals surface area contributed by atoms with Crippen LogP contribution in [0.1, 0.15) is 41.0 Å². The molecule has 2 heteroatoms. The second-order valence-corrected chi connectivity index (χ2v) is 5.04. The van der Waals surface area contributed by atoms with Crippen molar-refractivity contribution in [3.05, 3.63) is 0 Å². The number of rotatable bonds is 3. The van der Waals surface area contributed by atoms with Gasteiger partial charge in [0.05, 0.1) is 0 Å². The minimum absolute atomic E-state index is 0.690. The molecule has 0 saturated carbocycles. The van der Waals surface area contributed by atoms with Gasteiger partial charge in [0.15, 0.2) is 0 Å². The smallest absolute Gasteiger partial charge is 0.0196 e. The fourth-order valence-corrected chi connectivity index (χ4v) is 2.18. The molecule has 0 aromatic carbocycles. The average molecular weight is 198 g/mol. The Morgan fingerprint density at radius 2 is 2.00 bits per heavy atom. The van der Waals surface area contributed by atoms with E-state index in [2.05, 4.69) is 44.8 Å². The number of nitrogens with one attached hydrogen (secondary N) is 1. The van der Waals surface area contributed by atoms with E-state index in [1.165, 1.54) is 13.0 Å². The molecule has 0 amide bonds. The van der Waals surface area contributed by atoms with Crippen molar-refractivity contribution < 1.29 is 0 Å². The van der Waals surface area contributed by atoms with Crippen molar-refractivity contribution >= 4 is 0 Å². The van der Waals surface area contributed by atoms with Crippen molar-refractivity contribution in [2.75, 3.05) is 13.1 Å².